The minimum Gasteiger partial charge on any atom is -0.356 e. The van der Waals surface area contributed by atoms with Crippen LogP contribution >= 0.6 is 23.2 Å². The molecule has 104 valence electrons. The van der Waals surface area contributed by atoms with Crippen LogP contribution in [0.3, 0.4) is 0 Å². The van der Waals surface area contributed by atoms with Crippen molar-refractivity contribution in [2.45, 2.75) is 31.7 Å². The Morgan fingerprint density at radius 3 is 2.68 bits per heavy atom. The average Bonchev–Trinajstić information content (AvgIpc) is 2.80. The molecule has 1 atom stereocenters. The van der Waals surface area contributed by atoms with E-state index >= 15 is 0 Å². The normalized spacial score (nSPS) is 18.5. The first-order valence-corrected chi connectivity index (χ1v) is 7.34. The Hall–Kier alpha value is -0.770. The zero-order valence-corrected chi connectivity index (χ0v) is 12.2. The molecule has 1 unspecified atom stereocenters. The van der Waals surface area contributed by atoms with Gasteiger partial charge >= 0.3 is 0 Å². The molecule has 0 bridgehead atoms. The monoisotopic (exact) mass is 300 g/mol. The molecule has 5 heteroatoms. The van der Waals surface area contributed by atoms with Crippen molar-refractivity contribution in [3.8, 4) is 0 Å². The molecule has 2 rings (SSSR count). The number of amides is 1. The van der Waals surface area contributed by atoms with Crippen molar-refractivity contribution in [1.82, 2.24) is 10.6 Å². The van der Waals surface area contributed by atoms with Gasteiger partial charge in [-0.25, -0.2) is 0 Å². The van der Waals surface area contributed by atoms with E-state index < -0.39 is 0 Å². The first-order valence-electron chi connectivity index (χ1n) is 6.58. The number of carbonyl (C=O) groups is 1. The number of benzene rings is 1. The summed E-state index contributed by atoms with van der Waals surface area (Å²) in [5.41, 5.74) is 1.04. The van der Waals surface area contributed by atoms with Gasteiger partial charge in [-0.05, 0) is 49.6 Å². The molecule has 1 fully saturated rings. The molecule has 1 saturated heterocycles. The summed E-state index contributed by atoms with van der Waals surface area (Å²) < 4.78 is 0. The summed E-state index contributed by atoms with van der Waals surface area (Å²) >= 11 is 11.8. The number of hydrogen-bond acceptors (Lipinski definition) is 2. The first kappa shape index (κ1) is 14.6. The Morgan fingerprint density at radius 2 is 2.05 bits per heavy atom. The molecule has 0 aliphatic carbocycles. The molecular weight excluding hydrogens is 283 g/mol. The fourth-order valence-corrected chi connectivity index (χ4v) is 2.90. The maximum absolute atomic E-state index is 11.7. The zero-order chi connectivity index (χ0) is 13.7. The highest BCUT2D eigenvalue weighted by molar-refractivity contribution is 6.34. The lowest BCUT2D eigenvalue weighted by atomic mass is 10.1. The van der Waals surface area contributed by atoms with Gasteiger partial charge < -0.3 is 10.6 Å². The standard InChI is InChI=1S/C14H18Cl2N2O/c15-11-6-10(7-12(16)8-11)3-5-18-14(19)9-13-2-1-4-17-13/h6-8,13,17H,1-5,9H2,(H,18,19). The molecule has 3 nitrogen and oxygen atoms in total. The molecule has 2 N–H and O–H groups in total. The number of rotatable bonds is 5. The molecule has 0 aromatic heterocycles. The summed E-state index contributed by atoms with van der Waals surface area (Å²) in [4.78, 5) is 11.7. The second kappa shape index (κ2) is 7.13. The third-order valence-corrected chi connectivity index (χ3v) is 3.69. The van der Waals surface area contributed by atoms with Crippen LogP contribution in [-0.4, -0.2) is 25.0 Å². The van der Waals surface area contributed by atoms with Gasteiger partial charge in [0.1, 0.15) is 0 Å². The van der Waals surface area contributed by atoms with E-state index in [1.165, 1.54) is 6.42 Å². The van der Waals surface area contributed by atoms with E-state index in [1.807, 2.05) is 12.1 Å². The number of carbonyl (C=O) groups excluding carboxylic acids is 1. The van der Waals surface area contributed by atoms with Gasteiger partial charge in [-0.15, -0.1) is 0 Å². The predicted octanol–water partition coefficient (Wildman–Crippen LogP) is 2.79. The maximum Gasteiger partial charge on any atom is 0.221 e. The van der Waals surface area contributed by atoms with Gasteiger partial charge in [-0.2, -0.15) is 0 Å². The van der Waals surface area contributed by atoms with Crippen LogP contribution in [0, 0.1) is 0 Å². The molecular formula is C14H18Cl2N2O. The van der Waals surface area contributed by atoms with Crippen molar-refractivity contribution >= 4 is 29.1 Å². The molecule has 0 radical (unpaired) electrons. The summed E-state index contributed by atoms with van der Waals surface area (Å²) in [6.07, 6.45) is 3.57. The highest BCUT2D eigenvalue weighted by Crippen LogP contribution is 2.19. The molecule has 1 aromatic carbocycles. The quantitative estimate of drug-likeness (QED) is 0.878. The van der Waals surface area contributed by atoms with E-state index in [0.29, 0.717) is 29.1 Å². The van der Waals surface area contributed by atoms with Crippen LogP contribution in [-0.2, 0) is 11.2 Å². The molecule has 0 spiro atoms. The van der Waals surface area contributed by atoms with Crippen molar-refractivity contribution in [3.63, 3.8) is 0 Å². The first-order chi connectivity index (χ1) is 9.13. The number of halogens is 2. The van der Waals surface area contributed by atoms with E-state index in [0.717, 1.165) is 24.9 Å². The van der Waals surface area contributed by atoms with Crippen LogP contribution in [0.25, 0.3) is 0 Å². The third-order valence-electron chi connectivity index (χ3n) is 3.25. The van der Waals surface area contributed by atoms with Crippen molar-refractivity contribution in [3.05, 3.63) is 33.8 Å². The molecule has 19 heavy (non-hydrogen) atoms. The fourth-order valence-electron chi connectivity index (χ4n) is 2.33. The molecule has 1 aliphatic rings. The molecule has 1 amide bonds. The van der Waals surface area contributed by atoms with Gasteiger partial charge in [-0.1, -0.05) is 23.2 Å². The van der Waals surface area contributed by atoms with Crippen molar-refractivity contribution < 1.29 is 4.79 Å². The van der Waals surface area contributed by atoms with Crippen molar-refractivity contribution in [1.29, 1.82) is 0 Å². The summed E-state index contributed by atoms with van der Waals surface area (Å²) in [6.45, 7) is 1.64. The van der Waals surface area contributed by atoms with E-state index in [9.17, 15) is 4.79 Å². The van der Waals surface area contributed by atoms with E-state index in [2.05, 4.69) is 10.6 Å². The SMILES string of the molecule is O=C(CC1CCCN1)NCCc1cc(Cl)cc(Cl)c1. The Morgan fingerprint density at radius 1 is 1.32 bits per heavy atom. The summed E-state index contributed by atoms with van der Waals surface area (Å²) in [5.74, 6) is 0.104. The second-order valence-electron chi connectivity index (χ2n) is 4.88. The lowest BCUT2D eigenvalue weighted by Gasteiger charge is -2.10. The lowest BCUT2D eigenvalue weighted by Crippen LogP contribution is -2.32. The lowest BCUT2D eigenvalue weighted by molar-refractivity contribution is -0.121. The molecule has 1 heterocycles. The molecule has 0 saturated carbocycles. The third kappa shape index (κ3) is 5.01. The van der Waals surface area contributed by atoms with Crippen LogP contribution in [0.2, 0.25) is 10.0 Å². The Labute approximate surface area is 123 Å². The Balaban J connectivity index is 1.71. The topological polar surface area (TPSA) is 41.1 Å². The minimum atomic E-state index is 0.104. The highest BCUT2D eigenvalue weighted by atomic mass is 35.5. The van der Waals surface area contributed by atoms with Gasteiger partial charge in [0.2, 0.25) is 5.91 Å². The van der Waals surface area contributed by atoms with Crippen LogP contribution in [0.1, 0.15) is 24.8 Å². The van der Waals surface area contributed by atoms with Crippen LogP contribution in [0.15, 0.2) is 18.2 Å². The maximum atomic E-state index is 11.7. The van der Waals surface area contributed by atoms with Crippen LogP contribution in [0.4, 0.5) is 0 Å². The van der Waals surface area contributed by atoms with Crippen molar-refractivity contribution in [2.75, 3.05) is 13.1 Å². The van der Waals surface area contributed by atoms with E-state index in [1.54, 1.807) is 6.07 Å². The van der Waals surface area contributed by atoms with Gasteiger partial charge in [0.05, 0.1) is 0 Å². The van der Waals surface area contributed by atoms with Crippen LogP contribution < -0.4 is 10.6 Å². The van der Waals surface area contributed by atoms with Gasteiger partial charge in [0, 0.05) is 29.1 Å². The highest BCUT2D eigenvalue weighted by Gasteiger charge is 2.17. The predicted molar refractivity (Wildman–Crippen MR) is 78.8 cm³/mol. The van der Waals surface area contributed by atoms with E-state index in [-0.39, 0.29) is 5.91 Å². The Kier molecular flexibility index (Phi) is 5.49. The minimum absolute atomic E-state index is 0.104. The van der Waals surface area contributed by atoms with Gasteiger partial charge in [0.25, 0.3) is 0 Å². The Bertz CT molecular complexity index is 425. The zero-order valence-electron chi connectivity index (χ0n) is 10.7. The van der Waals surface area contributed by atoms with E-state index in [4.69, 9.17) is 23.2 Å². The summed E-state index contributed by atoms with van der Waals surface area (Å²) in [6, 6.07) is 5.80. The molecule has 1 aliphatic heterocycles. The molecule has 1 aromatic rings. The fraction of sp³-hybridized carbons (Fsp3) is 0.500. The number of nitrogens with one attached hydrogen (secondary N) is 2. The summed E-state index contributed by atoms with van der Waals surface area (Å²) in [7, 11) is 0. The van der Waals surface area contributed by atoms with Gasteiger partial charge in [-0.3, -0.25) is 4.79 Å². The second-order valence-corrected chi connectivity index (χ2v) is 5.75. The van der Waals surface area contributed by atoms with Crippen molar-refractivity contribution in [2.24, 2.45) is 0 Å². The number of hydrogen-bond donors (Lipinski definition) is 2. The smallest absolute Gasteiger partial charge is 0.221 e. The summed E-state index contributed by atoms with van der Waals surface area (Å²) in [5, 5.41) is 7.50. The largest absolute Gasteiger partial charge is 0.356 e. The van der Waals surface area contributed by atoms with Gasteiger partial charge in [0.15, 0.2) is 0 Å². The average molecular weight is 301 g/mol. The van der Waals surface area contributed by atoms with Crippen LogP contribution in [0.5, 0.6) is 0 Å².